The molecule has 1 aromatic rings. The van der Waals surface area contributed by atoms with E-state index in [1.807, 2.05) is 12.1 Å². The molecule has 0 bridgehead atoms. The predicted octanol–water partition coefficient (Wildman–Crippen LogP) is 3.88. The third kappa shape index (κ3) is 4.69. The van der Waals surface area contributed by atoms with Crippen LogP contribution in [0.3, 0.4) is 0 Å². The van der Waals surface area contributed by atoms with Crippen molar-refractivity contribution in [3.8, 4) is 6.07 Å². The maximum atomic E-state index is 8.86. The van der Waals surface area contributed by atoms with E-state index in [4.69, 9.17) is 5.26 Å². The zero-order chi connectivity index (χ0) is 14.4. The molecule has 0 saturated carbocycles. The summed E-state index contributed by atoms with van der Waals surface area (Å²) in [6.07, 6.45) is 0. The van der Waals surface area contributed by atoms with Crippen LogP contribution in [0, 0.1) is 36.0 Å². The normalized spacial score (nSPS) is 11.3. The maximum absolute atomic E-state index is 8.86. The second kappa shape index (κ2) is 7.31. The standard InChI is InChI=1S/C17H26N2/c1-12(2)17(13(3)4)11-19-10-16-7-6-15(9-18)8-14(16)5/h6-8,12-13,17,19H,10-11H2,1-5H3. The fourth-order valence-corrected chi connectivity index (χ4v) is 2.58. The number of rotatable bonds is 6. The third-order valence-corrected chi connectivity index (χ3v) is 3.88. The molecule has 0 heterocycles. The van der Waals surface area contributed by atoms with Crippen molar-refractivity contribution in [2.45, 2.75) is 41.2 Å². The fraction of sp³-hybridized carbons (Fsp3) is 0.588. The Balaban J connectivity index is 2.56. The number of hydrogen-bond donors (Lipinski definition) is 1. The Kier molecular flexibility index (Phi) is 6.05. The lowest BCUT2D eigenvalue weighted by molar-refractivity contribution is 0.275. The first kappa shape index (κ1) is 15.7. The lowest BCUT2D eigenvalue weighted by Gasteiger charge is -2.25. The van der Waals surface area contributed by atoms with E-state index in [9.17, 15) is 0 Å². The molecule has 0 aromatic heterocycles. The van der Waals surface area contributed by atoms with Crippen LogP contribution in [-0.4, -0.2) is 6.54 Å². The summed E-state index contributed by atoms with van der Waals surface area (Å²) in [5.41, 5.74) is 3.21. The molecule has 19 heavy (non-hydrogen) atoms. The van der Waals surface area contributed by atoms with E-state index < -0.39 is 0 Å². The predicted molar refractivity (Wildman–Crippen MR) is 80.8 cm³/mol. The highest BCUT2D eigenvalue weighted by Gasteiger charge is 2.16. The molecule has 1 aromatic carbocycles. The molecule has 0 saturated heterocycles. The Morgan fingerprint density at radius 1 is 1.16 bits per heavy atom. The number of nitrogens with zero attached hydrogens (tertiary/aromatic N) is 1. The van der Waals surface area contributed by atoms with Crippen molar-refractivity contribution in [1.29, 1.82) is 5.26 Å². The van der Waals surface area contributed by atoms with Crippen LogP contribution in [-0.2, 0) is 6.54 Å². The molecular formula is C17H26N2. The zero-order valence-electron chi connectivity index (χ0n) is 12.8. The van der Waals surface area contributed by atoms with Crippen LogP contribution in [0.4, 0.5) is 0 Å². The number of nitrogens with one attached hydrogen (secondary N) is 1. The molecule has 0 spiro atoms. The summed E-state index contributed by atoms with van der Waals surface area (Å²) in [5, 5.41) is 12.4. The molecule has 2 nitrogen and oxygen atoms in total. The quantitative estimate of drug-likeness (QED) is 0.840. The Bertz CT molecular complexity index is 433. The average Bonchev–Trinajstić information content (AvgIpc) is 2.35. The van der Waals surface area contributed by atoms with Gasteiger partial charge in [-0.15, -0.1) is 0 Å². The number of benzene rings is 1. The number of aryl methyl sites for hydroxylation is 1. The molecule has 0 aliphatic rings. The molecule has 0 fully saturated rings. The van der Waals surface area contributed by atoms with Crippen molar-refractivity contribution in [1.82, 2.24) is 5.32 Å². The Hall–Kier alpha value is -1.33. The molecule has 0 unspecified atom stereocenters. The van der Waals surface area contributed by atoms with Crippen molar-refractivity contribution < 1.29 is 0 Å². The van der Waals surface area contributed by atoms with Crippen molar-refractivity contribution >= 4 is 0 Å². The summed E-state index contributed by atoms with van der Waals surface area (Å²) in [4.78, 5) is 0. The first-order valence-corrected chi connectivity index (χ1v) is 7.16. The van der Waals surface area contributed by atoms with Crippen molar-refractivity contribution in [2.75, 3.05) is 6.54 Å². The minimum absolute atomic E-state index is 0.703. The van der Waals surface area contributed by atoms with E-state index in [2.05, 4.69) is 52.1 Å². The van der Waals surface area contributed by atoms with Crippen LogP contribution < -0.4 is 5.32 Å². The number of hydrogen-bond acceptors (Lipinski definition) is 2. The zero-order valence-corrected chi connectivity index (χ0v) is 12.8. The fourth-order valence-electron chi connectivity index (χ4n) is 2.58. The molecule has 1 N–H and O–H groups in total. The maximum Gasteiger partial charge on any atom is 0.0991 e. The topological polar surface area (TPSA) is 35.8 Å². The highest BCUT2D eigenvalue weighted by molar-refractivity contribution is 5.37. The SMILES string of the molecule is Cc1cc(C#N)ccc1CNCC(C(C)C)C(C)C. The van der Waals surface area contributed by atoms with E-state index in [1.54, 1.807) is 0 Å². The minimum Gasteiger partial charge on any atom is -0.312 e. The molecular weight excluding hydrogens is 232 g/mol. The van der Waals surface area contributed by atoms with Crippen molar-refractivity contribution in [2.24, 2.45) is 17.8 Å². The van der Waals surface area contributed by atoms with Gasteiger partial charge in [0.25, 0.3) is 0 Å². The van der Waals surface area contributed by atoms with Gasteiger partial charge in [0, 0.05) is 6.54 Å². The van der Waals surface area contributed by atoms with Gasteiger partial charge in [-0.3, -0.25) is 0 Å². The first-order valence-electron chi connectivity index (χ1n) is 7.16. The lowest BCUT2D eigenvalue weighted by Crippen LogP contribution is -2.29. The second-order valence-corrected chi connectivity index (χ2v) is 6.04. The van der Waals surface area contributed by atoms with Gasteiger partial charge in [0.2, 0.25) is 0 Å². The summed E-state index contributed by atoms with van der Waals surface area (Å²) in [6.45, 7) is 13.2. The Morgan fingerprint density at radius 2 is 1.79 bits per heavy atom. The summed E-state index contributed by atoms with van der Waals surface area (Å²) >= 11 is 0. The van der Waals surface area contributed by atoms with Gasteiger partial charge in [0.05, 0.1) is 11.6 Å². The van der Waals surface area contributed by atoms with E-state index in [-0.39, 0.29) is 0 Å². The summed E-state index contributed by atoms with van der Waals surface area (Å²) in [7, 11) is 0. The summed E-state index contributed by atoms with van der Waals surface area (Å²) in [6, 6.07) is 8.09. The van der Waals surface area contributed by atoms with Gasteiger partial charge >= 0.3 is 0 Å². The molecule has 0 radical (unpaired) electrons. The van der Waals surface area contributed by atoms with Crippen LogP contribution >= 0.6 is 0 Å². The monoisotopic (exact) mass is 258 g/mol. The molecule has 0 atom stereocenters. The van der Waals surface area contributed by atoms with Crippen LogP contribution in [0.1, 0.15) is 44.4 Å². The van der Waals surface area contributed by atoms with Gasteiger partial charge < -0.3 is 5.32 Å². The van der Waals surface area contributed by atoms with Crippen LogP contribution in [0.25, 0.3) is 0 Å². The van der Waals surface area contributed by atoms with Crippen LogP contribution in [0.2, 0.25) is 0 Å². The minimum atomic E-state index is 0.703. The number of nitriles is 1. The average molecular weight is 258 g/mol. The summed E-state index contributed by atoms with van der Waals surface area (Å²) < 4.78 is 0. The first-order chi connectivity index (χ1) is 8.95. The van der Waals surface area contributed by atoms with Crippen LogP contribution in [0.15, 0.2) is 18.2 Å². The van der Waals surface area contributed by atoms with Gasteiger partial charge in [-0.05, 0) is 54.5 Å². The van der Waals surface area contributed by atoms with Gasteiger partial charge in [0.15, 0.2) is 0 Å². The molecule has 2 heteroatoms. The molecule has 0 amide bonds. The summed E-state index contributed by atoms with van der Waals surface area (Å²) in [5.74, 6) is 2.11. The lowest BCUT2D eigenvalue weighted by atomic mass is 9.85. The highest BCUT2D eigenvalue weighted by Crippen LogP contribution is 2.19. The largest absolute Gasteiger partial charge is 0.312 e. The smallest absolute Gasteiger partial charge is 0.0991 e. The van der Waals surface area contributed by atoms with Gasteiger partial charge in [-0.25, -0.2) is 0 Å². The molecule has 0 aliphatic carbocycles. The molecule has 104 valence electrons. The second-order valence-electron chi connectivity index (χ2n) is 6.04. The van der Waals surface area contributed by atoms with E-state index in [0.29, 0.717) is 17.8 Å². The van der Waals surface area contributed by atoms with E-state index in [0.717, 1.165) is 18.7 Å². The molecule has 0 aliphatic heterocycles. The Morgan fingerprint density at radius 3 is 2.26 bits per heavy atom. The van der Waals surface area contributed by atoms with Crippen molar-refractivity contribution in [3.05, 3.63) is 34.9 Å². The Labute approximate surface area is 117 Å². The van der Waals surface area contributed by atoms with Gasteiger partial charge in [-0.1, -0.05) is 33.8 Å². The van der Waals surface area contributed by atoms with Crippen LogP contribution in [0.5, 0.6) is 0 Å². The van der Waals surface area contributed by atoms with Crippen molar-refractivity contribution in [3.63, 3.8) is 0 Å². The molecule has 1 rings (SSSR count). The van der Waals surface area contributed by atoms with Gasteiger partial charge in [0.1, 0.15) is 0 Å². The third-order valence-electron chi connectivity index (χ3n) is 3.88. The van der Waals surface area contributed by atoms with E-state index in [1.165, 1.54) is 11.1 Å². The highest BCUT2D eigenvalue weighted by atomic mass is 14.9. The van der Waals surface area contributed by atoms with Gasteiger partial charge in [-0.2, -0.15) is 5.26 Å². The van der Waals surface area contributed by atoms with E-state index >= 15 is 0 Å².